The maximum atomic E-state index is 12.7. The Kier molecular flexibility index (Phi) is 5.82. The van der Waals surface area contributed by atoms with Crippen LogP contribution in [0, 0.1) is 0 Å². The summed E-state index contributed by atoms with van der Waals surface area (Å²) in [5.74, 6) is -0.733. The molecule has 1 N–H and O–H groups in total. The summed E-state index contributed by atoms with van der Waals surface area (Å²) in [6.07, 6.45) is 0.358. The molecule has 23 heavy (non-hydrogen) atoms. The molecule has 0 radical (unpaired) electrons. The standard InChI is InChI=1S/C18H16BrNO3/c1-2-14(21)11-20-18(23)15-9-8-13(19)10-16(15)17(22)12-6-4-3-5-7-12/h3-10H,2,11H2,1H3,(H,20,23). The molecule has 0 aliphatic carbocycles. The molecule has 5 heteroatoms. The lowest BCUT2D eigenvalue weighted by Crippen LogP contribution is -2.30. The zero-order chi connectivity index (χ0) is 16.8. The molecule has 0 heterocycles. The molecule has 0 fully saturated rings. The van der Waals surface area contributed by atoms with Crippen LogP contribution in [0.25, 0.3) is 0 Å². The van der Waals surface area contributed by atoms with Crippen LogP contribution in [0.1, 0.15) is 39.6 Å². The lowest BCUT2D eigenvalue weighted by molar-refractivity contribution is -0.117. The zero-order valence-electron chi connectivity index (χ0n) is 12.6. The van der Waals surface area contributed by atoms with Gasteiger partial charge >= 0.3 is 0 Å². The van der Waals surface area contributed by atoms with Gasteiger partial charge in [0.2, 0.25) is 0 Å². The fourth-order valence-electron chi connectivity index (χ4n) is 2.05. The topological polar surface area (TPSA) is 63.2 Å². The molecule has 0 spiro atoms. The van der Waals surface area contributed by atoms with Crippen molar-refractivity contribution in [3.05, 3.63) is 69.7 Å². The SMILES string of the molecule is CCC(=O)CNC(=O)c1ccc(Br)cc1C(=O)c1ccccc1. The fourth-order valence-corrected chi connectivity index (χ4v) is 2.41. The van der Waals surface area contributed by atoms with Gasteiger partial charge < -0.3 is 5.32 Å². The minimum atomic E-state index is -0.432. The molecule has 0 atom stereocenters. The van der Waals surface area contributed by atoms with Crippen LogP contribution >= 0.6 is 15.9 Å². The van der Waals surface area contributed by atoms with Crippen LogP contribution < -0.4 is 5.32 Å². The second kappa shape index (κ2) is 7.83. The van der Waals surface area contributed by atoms with E-state index in [1.807, 2.05) is 6.07 Å². The molecule has 0 aliphatic heterocycles. The number of rotatable bonds is 6. The summed E-state index contributed by atoms with van der Waals surface area (Å²) < 4.78 is 0.706. The molecule has 2 rings (SSSR count). The maximum Gasteiger partial charge on any atom is 0.252 e. The van der Waals surface area contributed by atoms with Crippen molar-refractivity contribution < 1.29 is 14.4 Å². The van der Waals surface area contributed by atoms with E-state index in [4.69, 9.17) is 0 Å². The van der Waals surface area contributed by atoms with Gasteiger partial charge in [-0.15, -0.1) is 0 Å². The number of hydrogen-bond donors (Lipinski definition) is 1. The summed E-state index contributed by atoms with van der Waals surface area (Å²) in [5.41, 5.74) is 1.06. The van der Waals surface area contributed by atoms with Gasteiger partial charge in [-0.1, -0.05) is 53.2 Å². The third kappa shape index (κ3) is 4.36. The van der Waals surface area contributed by atoms with Gasteiger partial charge in [-0.2, -0.15) is 0 Å². The van der Waals surface area contributed by atoms with E-state index in [-0.39, 0.29) is 23.7 Å². The van der Waals surface area contributed by atoms with E-state index in [0.29, 0.717) is 22.0 Å². The largest absolute Gasteiger partial charge is 0.345 e. The van der Waals surface area contributed by atoms with Gasteiger partial charge in [0, 0.05) is 22.0 Å². The maximum absolute atomic E-state index is 12.7. The van der Waals surface area contributed by atoms with E-state index >= 15 is 0 Å². The number of amides is 1. The average Bonchev–Trinajstić information content (AvgIpc) is 2.59. The van der Waals surface area contributed by atoms with Gasteiger partial charge in [0.15, 0.2) is 11.6 Å². The highest BCUT2D eigenvalue weighted by Crippen LogP contribution is 2.20. The van der Waals surface area contributed by atoms with E-state index in [2.05, 4.69) is 21.2 Å². The van der Waals surface area contributed by atoms with E-state index in [0.717, 1.165) is 0 Å². The highest BCUT2D eigenvalue weighted by molar-refractivity contribution is 9.10. The van der Waals surface area contributed by atoms with Crippen LogP contribution in [-0.2, 0) is 4.79 Å². The van der Waals surface area contributed by atoms with Gasteiger partial charge in [-0.05, 0) is 18.2 Å². The van der Waals surface area contributed by atoms with Gasteiger partial charge in [0.25, 0.3) is 5.91 Å². The fraction of sp³-hybridized carbons (Fsp3) is 0.167. The Hall–Kier alpha value is -2.27. The number of ketones is 2. The lowest BCUT2D eigenvalue weighted by Gasteiger charge is -2.10. The Morgan fingerprint density at radius 3 is 2.35 bits per heavy atom. The van der Waals surface area contributed by atoms with E-state index in [9.17, 15) is 14.4 Å². The molecule has 2 aromatic carbocycles. The second-order valence-electron chi connectivity index (χ2n) is 4.96. The summed E-state index contributed by atoms with van der Waals surface area (Å²) >= 11 is 3.32. The van der Waals surface area contributed by atoms with Gasteiger partial charge in [-0.25, -0.2) is 0 Å². The minimum Gasteiger partial charge on any atom is -0.345 e. The highest BCUT2D eigenvalue weighted by Gasteiger charge is 2.19. The molecule has 0 unspecified atom stereocenters. The van der Waals surface area contributed by atoms with Crippen LogP contribution in [-0.4, -0.2) is 24.0 Å². The van der Waals surface area contributed by atoms with E-state index in [1.165, 1.54) is 0 Å². The van der Waals surface area contributed by atoms with Crippen LogP contribution in [0.15, 0.2) is 53.0 Å². The number of benzene rings is 2. The first kappa shape index (κ1) is 17.1. The Morgan fingerprint density at radius 1 is 1.00 bits per heavy atom. The van der Waals surface area contributed by atoms with Crippen LogP contribution in [0.2, 0.25) is 0 Å². The first-order chi connectivity index (χ1) is 11.0. The summed E-state index contributed by atoms with van der Waals surface area (Å²) in [7, 11) is 0. The molecular formula is C18H16BrNO3. The van der Waals surface area contributed by atoms with Crippen molar-refractivity contribution in [2.45, 2.75) is 13.3 Å². The van der Waals surface area contributed by atoms with Crippen molar-refractivity contribution in [1.82, 2.24) is 5.32 Å². The lowest BCUT2D eigenvalue weighted by atomic mass is 9.98. The molecule has 0 aromatic heterocycles. The Morgan fingerprint density at radius 2 is 1.70 bits per heavy atom. The molecule has 4 nitrogen and oxygen atoms in total. The number of halogens is 1. The van der Waals surface area contributed by atoms with Crippen molar-refractivity contribution in [2.75, 3.05) is 6.54 Å². The number of hydrogen-bond acceptors (Lipinski definition) is 3. The molecule has 2 aromatic rings. The molecule has 0 saturated carbocycles. The van der Waals surface area contributed by atoms with Crippen molar-refractivity contribution in [1.29, 1.82) is 0 Å². The van der Waals surface area contributed by atoms with Crippen molar-refractivity contribution in [3.8, 4) is 0 Å². The monoisotopic (exact) mass is 373 g/mol. The van der Waals surface area contributed by atoms with Crippen LogP contribution in [0.3, 0.4) is 0 Å². The molecule has 0 aliphatic rings. The van der Waals surface area contributed by atoms with Crippen molar-refractivity contribution >= 4 is 33.4 Å². The zero-order valence-corrected chi connectivity index (χ0v) is 14.2. The van der Waals surface area contributed by atoms with Gasteiger partial charge in [0.05, 0.1) is 12.1 Å². The van der Waals surface area contributed by atoms with Gasteiger partial charge in [-0.3, -0.25) is 14.4 Å². The molecule has 0 saturated heterocycles. The predicted molar refractivity (Wildman–Crippen MR) is 91.6 cm³/mol. The number of nitrogens with one attached hydrogen (secondary N) is 1. The second-order valence-corrected chi connectivity index (χ2v) is 5.88. The Balaban J connectivity index is 2.32. The number of carbonyl (C=O) groups excluding carboxylic acids is 3. The molecule has 1 amide bonds. The first-order valence-corrected chi connectivity index (χ1v) is 8.01. The third-order valence-corrected chi connectivity index (χ3v) is 3.84. The molecule has 0 bridgehead atoms. The van der Waals surface area contributed by atoms with Crippen molar-refractivity contribution in [2.24, 2.45) is 0 Å². The summed E-state index contributed by atoms with van der Waals surface area (Å²) in [4.78, 5) is 36.3. The summed E-state index contributed by atoms with van der Waals surface area (Å²) in [6, 6.07) is 13.6. The highest BCUT2D eigenvalue weighted by atomic mass is 79.9. The molecular weight excluding hydrogens is 358 g/mol. The van der Waals surface area contributed by atoms with Crippen molar-refractivity contribution in [3.63, 3.8) is 0 Å². The van der Waals surface area contributed by atoms with E-state index < -0.39 is 5.91 Å². The Bertz CT molecular complexity index is 741. The quantitative estimate of drug-likeness (QED) is 0.789. The smallest absolute Gasteiger partial charge is 0.252 e. The predicted octanol–water partition coefficient (Wildman–Crippen LogP) is 3.39. The van der Waals surface area contributed by atoms with Crippen LogP contribution in [0.5, 0.6) is 0 Å². The number of Topliss-reactive ketones (excluding diaryl/α,β-unsaturated/α-hetero) is 1. The molecule has 118 valence electrons. The van der Waals surface area contributed by atoms with E-state index in [1.54, 1.807) is 49.4 Å². The normalized spacial score (nSPS) is 10.2. The summed E-state index contributed by atoms with van der Waals surface area (Å²) in [5, 5.41) is 2.56. The Labute approximate surface area is 143 Å². The average molecular weight is 374 g/mol. The minimum absolute atomic E-state index is 0.0373. The van der Waals surface area contributed by atoms with Crippen LogP contribution in [0.4, 0.5) is 0 Å². The first-order valence-electron chi connectivity index (χ1n) is 7.22. The summed E-state index contributed by atoms with van der Waals surface area (Å²) in [6.45, 7) is 1.70. The van der Waals surface area contributed by atoms with Gasteiger partial charge in [0.1, 0.15) is 0 Å². The number of carbonyl (C=O) groups is 3. The third-order valence-electron chi connectivity index (χ3n) is 3.35.